The number of aromatic nitrogens is 4. The highest BCUT2D eigenvalue weighted by Gasteiger charge is 2.35. The number of hydrogen-bond donors (Lipinski definition) is 1. The first-order valence-corrected chi connectivity index (χ1v) is 7.81. The predicted octanol–water partition coefficient (Wildman–Crippen LogP) is 3.34. The Morgan fingerprint density at radius 2 is 1.52 bits per heavy atom. The van der Waals surface area contributed by atoms with Gasteiger partial charge in [-0.05, 0) is 48.5 Å². The van der Waals surface area contributed by atoms with Crippen LogP contribution in [0.15, 0.2) is 6.33 Å². The zero-order valence-electron chi connectivity index (χ0n) is 15.5. The molecule has 0 aliphatic heterocycles. The summed E-state index contributed by atoms with van der Waals surface area (Å²) in [4.78, 5) is 41.3. The van der Waals surface area contributed by atoms with Gasteiger partial charge in [0.05, 0.1) is 0 Å². The van der Waals surface area contributed by atoms with Gasteiger partial charge in [-0.2, -0.15) is 4.90 Å². The van der Waals surface area contributed by atoms with E-state index >= 15 is 0 Å². The number of carbonyl (C=O) groups excluding carboxylic acids is 2. The van der Waals surface area contributed by atoms with Crippen LogP contribution >= 0.6 is 0 Å². The van der Waals surface area contributed by atoms with Gasteiger partial charge in [-0.1, -0.05) is 0 Å². The van der Waals surface area contributed by atoms with Crippen LogP contribution in [0, 0.1) is 6.92 Å². The lowest BCUT2D eigenvalue weighted by Gasteiger charge is -2.27. The molecule has 9 nitrogen and oxygen atoms in total. The number of imidazole rings is 1. The lowest BCUT2D eigenvalue weighted by atomic mass is 10.2. The van der Waals surface area contributed by atoms with Gasteiger partial charge in [0.25, 0.3) is 0 Å². The number of anilines is 1. The van der Waals surface area contributed by atoms with Crippen LogP contribution in [0.25, 0.3) is 11.2 Å². The first-order chi connectivity index (χ1) is 11.4. The molecule has 2 heterocycles. The zero-order valence-corrected chi connectivity index (χ0v) is 15.5. The Hall–Kier alpha value is -2.71. The molecule has 0 fully saturated rings. The molecule has 2 rings (SSSR count). The van der Waals surface area contributed by atoms with Crippen LogP contribution in [0.4, 0.5) is 15.4 Å². The standard InChI is InChI=1S/C16H23N5O4/c1-9-19-10-11(20-9)17-8-18-12(10)21(13(22)24-15(2,3)4)14(23)25-16(5,6)7/h8H,1-7H3,(H,17,18,19,20). The maximum Gasteiger partial charge on any atom is 0.425 e. The second kappa shape index (κ2) is 6.30. The molecule has 2 aromatic rings. The van der Waals surface area contributed by atoms with Crippen molar-refractivity contribution >= 4 is 29.2 Å². The second-order valence-electron chi connectivity index (χ2n) is 7.51. The van der Waals surface area contributed by atoms with E-state index in [1.165, 1.54) is 6.33 Å². The monoisotopic (exact) mass is 349 g/mol. The summed E-state index contributed by atoms with van der Waals surface area (Å²) in [7, 11) is 0. The van der Waals surface area contributed by atoms with Gasteiger partial charge in [-0.25, -0.2) is 24.5 Å². The Morgan fingerprint density at radius 1 is 1.00 bits per heavy atom. The quantitative estimate of drug-likeness (QED) is 0.840. The van der Waals surface area contributed by atoms with Crippen molar-refractivity contribution in [3.63, 3.8) is 0 Å². The molecule has 0 bridgehead atoms. The Bertz CT molecular complexity index is 773. The number of aromatic amines is 1. The van der Waals surface area contributed by atoms with Crippen molar-refractivity contribution < 1.29 is 19.1 Å². The zero-order chi connectivity index (χ0) is 19.0. The van der Waals surface area contributed by atoms with E-state index in [2.05, 4.69) is 19.9 Å². The highest BCUT2D eigenvalue weighted by molar-refractivity contribution is 6.12. The number of nitrogens with zero attached hydrogens (tertiary/aromatic N) is 4. The summed E-state index contributed by atoms with van der Waals surface area (Å²) < 4.78 is 10.7. The minimum Gasteiger partial charge on any atom is -0.443 e. The molecule has 0 unspecified atom stereocenters. The molecule has 25 heavy (non-hydrogen) atoms. The molecule has 0 aliphatic rings. The van der Waals surface area contributed by atoms with E-state index in [9.17, 15) is 9.59 Å². The lowest BCUT2D eigenvalue weighted by molar-refractivity contribution is 0.0429. The van der Waals surface area contributed by atoms with E-state index in [0.29, 0.717) is 11.5 Å². The average molecular weight is 349 g/mol. The van der Waals surface area contributed by atoms with E-state index in [1.807, 2.05) is 0 Å². The molecule has 2 amide bonds. The number of ether oxygens (including phenoxy) is 2. The van der Waals surface area contributed by atoms with Crippen LogP contribution < -0.4 is 4.90 Å². The van der Waals surface area contributed by atoms with Crippen molar-refractivity contribution in [1.82, 2.24) is 19.9 Å². The maximum atomic E-state index is 12.6. The van der Waals surface area contributed by atoms with Gasteiger partial charge in [-0.15, -0.1) is 0 Å². The van der Waals surface area contributed by atoms with Gasteiger partial charge in [0.15, 0.2) is 17.0 Å². The Labute approximate surface area is 145 Å². The summed E-state index contributed by atoms with van der Waals surface area (Å²) in [6.07, 6.45) is -0.568. The minimum absolute atomic E-state index is 0.00199. The predicted molar refractivity (Wildman–Crippen MR) is 91.4 cm³/mol. The largest absolute Gasteiger partial charge is 0.443 e. The summed E-state index contributed by atoms with van der Waals surface area (Å²) in [6.45, 7) is 11.9. The van der Waals surface area contributed by atoms with Crippen LogP contribution in [0.1, 0.15) is 47.4 Å². The molecular formula is C16H23N5O4. The summed E-state index contributed by atoms with van der Waals surface area (Å²) in [5.41, 5.74) is -0.924. The molecule has 0 aliphatic carbocycles. The number of fused-ring (bicyclic) bond motifs is 1. The van der Waals surface area contributed by atoms with Gasteiger partial charge >= 0.3 is 12.2 Å². The van der Waals surface area contributed by atoms with Crippen molar-refractivity contribution in [3.05, 3.63) is 12.2 Å². The number of carbonyl (C=O) groups is 2. The molecule has 0 atom stereocenters. The van der Waals surface area contributed by atoms with Crippen molar-refractivity contribution in [2.24, 2.45) is 0 Å². The third-order valence-electron chi connectivity index (χ3n) is 2.75. The summed E-state index contributed by atoms with van der Waals surface area (Å²) in [5, 5.41) is 0. The molecule has 0 aromatic carbocycles. The number of aryl methyl sites for hydroxylation is 1. The van der Waals surface area contributed by atoms with E-state index < -0.39 is 23.4 Å². The lowest BCUT2D eigenvalue weighted by Crippen LogP contribution is -2.44. The van der Waals surface area contributed by atoms with Crippen LogP contribution in [0.3, 0.4) is 0 Å². The number of H-pyrrole nitrogens is 1. The normalized spacial score (nSPS) is 12.1. The molecule has 0 spiro atoms. The fraction of sp³-hybridized carbons (Fsp3) is 0.562. The van der Waals surface area contributed by atoms with E-state index in [4.69, 9.17) is 9.47 Å². The topological polar surface area (TPSA) is 110 Å². The smallest absolute Gasteiger partial charge is 0.425 e. The highest BCUT2D eigenvalue weighted by Crippen LogP contribution is 2.25. The fourth-order valence-electron chi connectivity index (χ4n) is 1.96. The van der Waals surface area contributed by atoms with Crippen molar-refractivity contribution in [1.29, 1.82) is 0 Å². The Balaban J connectivity index is 2.53. The van der Waals surface area contributed by atoms with Gasteiger partial charge in [0.2, 0.25) is 0 Å². The maximum absolute atomic E-state index is 12.6. The Kier molecular flexibility index (Phi) is 4.70. The molecule has 0 saturated carbocycles. The molecule has 0 saturated heterocycles. The second-order valence-corrected chi connectivity index (χ2v) is 7.51. The molecular weight excluding hydrogens is 326 g/mol. The van der Waals surface area contributed by atoms with Crippen molar-refractivity contribution in [2.45, 2.75) is 59.7 Å². The summed E-state index contributed by atoms with van der Waals surface area (Å²) in [6, 6.07) is 0. The first-order valence-electron chi connectivity index (χ1n) is 7.81. The number of imide groups is 1. The van der Waals surface area contributed by atoms with Crippen LogP contribution in [-0.4, -0.2) is 43.3 Å². The molecule has 9 heteroatoms. The summed E-state index contributed by atoms with van der Waals surface area (Å²) in [5.74, 6) is 0.572. The van der Waals surface area contributed by atoms with Crippen molar-refractivity contribution in [3.8, 4) is 0 Å². The SMILES string of the molecule is Cc1nc2c(N(C(=O)OC(C)(C)C)C(=O)OC(C)(C)C)ncnc2[nH]1. The average Bonchev–Trinajstić information content (AvgIpc) is 2.75. The minimum atomic E-state index is -0.901. The number of hydrogen-bond acceptors (Lipinski definition) is 7. The Morgan fingerprint density at radius 3 is 2.00 bits per heavy atom. The van der Waals surface area contributed by atoms with E-state index in [1.54, 1.807) is 48.5 Å². The summed E-state index contributed by atoms with van der Waals surface area (Å²) >= 11 is 0. The van der Waals surface area contributed by atoms with Gasteiger partial charge in [0, 0.05) is 0 Å². The number of rotatable bonds is 1. The molecule has 1 N–H and O–H groups in total. The molecule has 0 radical (unpaired) electrons. The highest BCUT2D eigenvalue weighted by atomic mass is 16.6. The third kappa shape index (κ3) is 4.65. The molecule has 2 aromatic heterocycles. The van der Waals surface area contributed by atoms with Crippen molar-refractivity contribution in [2.75, 3.05) is 4.90 Å². The van der Waals surface area contributed by atoms with Gasteiger partial charge < -0.3 is 14.5 Å². The van der Waals surface area contributed by atoms with Gasteiger partial charge in [-0.3, -0.25) is 0 Å². The molecule has 136 valence electrons. The van der Waals surface area contributed by atoms with E-state index in [0.717, 1.165) is 4.90 Å². The number of amides is 2. The number of nitrogens with one attached hydrogen (secondary N) is 1. The van der Waals surface area contributed by atoms with Crippen LogP contribution in [-0.2, 0) is 9.47 Å². The third-order valence-corrected chi connectivity index (χ3v) is 2.75. The van der Waals surface area contributed by atoms with Crippen LogP contribution in [0.5, 0.6) is 0 Å². The van der Waals surface area contributed by atoms with Crippen LogP contribution in [0.2, 0.25) is 0 Å². The fourth-order valence-corrected chi connectivity index (χ4v) is 1.96. The van der Waals surface area contributed by atoms with E-state index in [-0.39, 0.29) is 11.3 Å². The van der Waals surface area contributed by atoms with Gasteiger partial charge in [0.1, 0.15) is 23.4 Å². The first kappa shape index (κ1) is 18.6.